The van der Waals surface area contributed by atoms with E-state index in [2.05, 4.69) is 0 Å². The van der Waals surface area contributed by atoms with Crippen molar-refractivity contribution in [1.82, 2.24) is 9.80 Å². The van der Waals surface area contributed by atoms with E-state index in [0.29, 0.717) is 63.1 Å². The molecule has 1 aromatic carbocycles. The molecule has 7 nitrogen and oxygen atoms in total. The molecule has 172 valence electrons. The summed E-state index contributed by atoms with van der Waals surface area (Å²) in [5.41, 5.74) is 5.72. The second-order valence-electron chi connectivity index (χ2n) is 9.64. The molecule has 1 spiro atoms. The molecule has 8 heteroatoms. The van der Waals surface area contributed by atoms with Crippen LogP contribution in [-0.2, 0) is 20.7 Å². The predicted molar refractivity (Wildman–Crippen MR) is 116 cm³/mol. The number of hydrogen-bond acceptors (Lipinski definition) is 5. The van der Waals surface area contributed by atoms with E-state index in [0.717, 1.165) is 0 Å². The maximum absolute atomic E-state index is 14.2. The molecule has 31 heavy (non-hydrogen) atoms. The number of halogens is 1. The molecule has 2 heterocycles. The number of nitrogens with two attached hydrogens (primary N) is 1. The van der Waals surface area contributed by atoms with Crippen molar-refractivity contribution in [1.29, 1.82) is 0 Å². The number of rotatable bonds is 3. The van der Waals surface area contributed by atoms with E-state index in [4.69, 9.17) is 15.2 Å². The van der Waals surface area contributed by atoms with Crippen molar-refractivity contribution in [2.24, 2.45) is 0 Å². The zero-order valence-electron chi connectivity index (χ0n) is 18.9. The number of hydrogen-bond donors (Lipinski definition) is 1. The lowest BCUT2D eigenvalue weighted by Crippen LogP contribution is -2.61. The molecule has 0 aliphatic carbocycles. The van der Waals surface area contributed by atoms with E-state index in [1.165, 1.54) is 6.07 Å². The quantitative estimate of drug-likeness (QED) is 0.736. The van der Waals surface area contributed by atoms with Crippen molar-refractivity contribution in [2.75, 3.05) is 31.9 Å². The Kier molecular flexibility index (Phi) is 6.79. The Morgan fingerprint density at radius 2 is 1.94 bits per heavy atom. The first-order chi connectivity index (χ1) is 14.5. The van der Waals surface area contributed by atoms with E-state index in [9.17, 15) is 14.0 Å². The summed E-state index contributed by atoms with van der Waals surface area (Å²) < 4.78 is 26.3. The van der Waals surface area contributed by atoms with Gasteiger partial charge in [-0.2, -0.15) is 0 Å². The van der Waals surface area contributed by atoms with Gasteiger partial charge in [-0.05, 0) is 58.6 Å². The van der Waals surface area contributed by atoms with Crippen molar-refractivity contribution in [3.63, 3.8) is 0 Å². The van der Waals surface area contributed by atoms with Crippen LogP contribution in [-0.4, -0.2) is 65.3 Å². The van der Waals surface area contributed by atoms with Crippen LogP contribution in [0.15, 0.2) is 18.2 Å². The SMILES string of the molecule is CC(=O)N1CCC2(CC1)CN(C(=O)OC(C)(C)C)CC(CCc1c(N)cccc1F)O2. The van der Waals surface area contributed by atoms with Gasteiger partial charge in [-0.15, -0.1) is 0 Å². The molecule has 2 aliphatic heterocycles. The van der Waals surface area contributed by atoms with Crippen molar-refractivity contribution in [2.45, 2.75) is 70.7 Å². The maximum Gasteiger partial charge on any atom is 0.410 e. The average molecular weight is 436 g/mol. The van der Waals surface area contributed by atoms with Gasteiger partial charge in [-0.1, -0.05) is 6.07 Å². The van der Waals surface area contributed by atoms with E-state index >= 15 is 0 Å². The lowest BCUT2D eigenvalue weighted by Gasteiger charge is -2.50. The van der Waals surface area contributed by atoms with E-state index in [1.54, 1.807) is 28.9 Å². The Morgan fingerprint density at radius 1 is 1.26 bits per heavy atom. The van der Waals surface area contributed by atoms with Crippen LogP contribution in [0.2, 0.25) is 0 Å². The topological polar surface area (TPSA) is 85.1 Å². The van der Waals surface area contributed by atoms with Gasteiger partial charge in [0.05, 0.1) is 24.8 Å². The zero-order valence-corrected chi connectivity index (χ0v) is 18.9. The molecule has 0 aromatic heterocycles. The van der Waals surface area contributed by atoms with Gasteiger partial charge < -0.3 is 25.0 Å². The van der Waals surface area contributed by atoms with Gasteiger partial charge in [0.15, 0.2) is 0 Å². The standard InChI is InChI=1S/C23H34FN3O4/c1-16(28)26-12-10-23(11-13-26)15-27(21(29)31-22(2,3)4)14-17(30-23)8-9-18-19(24)6-5-7-20(18)25/h5-7,17H,8-15,25H2,1-4H3. The Labute approximate surface area is 183 Å². The second-order valence-corrected chi connectivity index (χ2v) is 9.64. The van der Waals surface area contributed by atoms with Gasteiger partial charge in [0.2, 0.25) is 5.91 Å². The van der Waals surface area contributed by atoms with Gasteiger partial charge in [0, 0.05) is 31.3 Å². The molecule has 0 saturated carbocycles. The molecule has 1 aromatic rings. The fourth-order valence-electron chi connectivity index (χ4n) is 4.35. The number of amides is 2. The summed E-state index contributed by atoms with van der Waals surface area (Å²) in [5.74, 6) is -0.287. The van der Waals surface area contributed by atoms with Gasteiger partial charge in [0.25, 0.3) is 0 Å². The van der Waals surface area contributed by atoms with Crippen LogP contribution in [0.1, 0.15) is 52.5 Å². The minimum Gasteiger partial charge on any atom is -0.444 e. The highest BCUT2D eigenvalue weighted by Gasteiger charge is 2.45. The Morgan fingerprint density at radius 3 is 2.52 bits per heavy atom. The maximum atomic E-state index is 14.2. The van der Waals surface area contributed by atoms with E-state index < -0.39 is 11.2 Å². The highest BCUT2D eigenvalue weighted by molar-refractivity contribution is 5.73. The van der Waals surface area contributed by atoms with Crippen LogP contribution in [0.25, 0.3) is 0 Å². The number of morpholine rings is 1. The molecule has 0 radical (unpaired) electrons. The van der Waals surface area contributed by atoms with Crippen LogP contribution in [0.5, 0.6) is 0 Å². The Bertz CT molecular complexity index is 795. The van der Waals surface area contributed by atoms with Crippen molar-refractivity contribution >= 4 is 17.7 Å². The number of likely N-dealkylation sites (tertiary alicyclic amines) is 1. The third kappa shape index (κ3) is 5.87. The van der Waals surface area contributed by atoms with Gasteiger partial charge >= 0.3 is 6.09 Å². The number of carbonyl (C=O) groups is 2. The third-order valence-electron chi connectivity index (χ3n) is 5.96. The van der Waals surface area contributed by atoms with Gasteiger partial charge in [-0.3, -0.25) is 4.79 Å². The number of ether oxygens (including phenoxy) is 2. The first-order valence-corrected chi connectivity index (χ1v) is 10.9. The summed E-state index contributed by atoms with van der Waals surface area (Å²) >= 11 is 0. The first kappa shape index (κ1) is 23.3. The lowest BCUT2D eigenvalue weighted by molar-refractivity contribution is -0.176. The highest BCUT2D eigenvalue weighted by atomic mass is 19.1. The molecule has 2 aliphatic rings. The Balaban J connectivity index is 1.75. The highest BCUT2D eigenvalue weighted by Crippen LogP contribution is 2.34. The monoisotopic (exact) mass is 435 g/mol. The predicted octanol–water partition coefficient (Wildman–Crippen LogP) is 3.36. The molecule has 2 fully saturated rings. The number of nitrogens with zero attached hydrogens (tertiary/aromatic N) is 2. The second kappa shape index (κ2) is 9.02. The molecule has 3 rings (SSSR count). The van der Waals surface area contributed by atoms with E-state index in [-0.39, 0.29) is 23.9 Å². The minimum absolute atomic E-state index is 0.0428. The summed E-state index contributed by atoms with van der Waals surface area (Å²) in [6, 6.07) is 4.68. The summed E-state index contributed by atoms with van der Waals surface area (Å²) in [7, 11) is 0. The normalized spacial score (nSPS) is 21.3. The summed E-state index contributed by atoms with van der Waals surface area (Å²) in [6.45, 7) is 9.05. The molecule has 2 amide bonds. The van der Waals surface area contributed by atoms with Crippen molar-refractivity contribution in [3.05, 3.63) is 29.6 Å². The number of anilines is 1. The summed E-state index contributed by atoms with van der Waals surface area (Å²) in [5, 5.41) is 0. The van der Waals surface area contributed by atoms with Crippen molar-refractivity contribution in [3.8, 4) is 0 Å². The number of benzene rings is 1. The van der Waals surface area contributed by atoms with Crippen LogP contribution in [0.4, 0.5) is 14.9 Å². The Hall–Kier alpha value is -2.35. The molecule has 1 atom stereocenters. The summed E-state index contributed by atoms with van der Waals surface area (Å²) in [4.78, 5) is 28.1. The van der Waals surface area contributed by atoms with Gasteiger partial charge in [-0.25, -0.2) is 9.18 Å². The minimum atomic E-state index is -0.600. The zero-order chi connectivity index (χ0) is 22.8. The van der Waals surface area contributed by atoms with Crippen LogP contribution < -0.4 is 5.73 Å². The van der Waals surface area contributed by atoms with Crippen LogP contribution >= 0.6 is 0 Å². The van der Waals surface area contributed by atoms with E-state index in [1.807, 2.05) is 20.8 Å². The third-order valence-corrected chi connectivity index (χ3v) is 5.96. The molecular weight excluding hydrogens is 401 g/mol. The fraction of sp³-hybridized carbons (Fsp3) is 0.652. The van der Waals surface area contributed by atoms with Crippen LogP contribution in [0.3, 0.4) is 0 Å². The first-order valence-electron chi connectivity index (χ1n) is 10.9. The number of nitrogen functional groups attached to an aromatic ring is 1. The number of carbonyl (C=O) groups excluding carboxylic acids is 2. The molecule has 2 N–H and O–H groups in total. The largest absolute Gasteiger partial charge is 0.444 e. The van der Waals surface area contributed by atoms with Crippen molar-refractivity contribution < 1.29 is 23.5 Å². The molecule has 0 bridgehead atoms. The molecular formula is C23H34FN3O4. The average Bonchev–Trinajstić information content (AvgIpc) is 2.66. The molecule has 2 saturated heterocycles. The molecule has 1 unspecified atom stereocenters. The van der Waals surface area contributed by atoms with Gasteiger partial charge in [0.1, 0.15) is 11.4 Å². The fourth-order valence-corrected chi connectivity index (χ4v) is 4.35. The number of piperidine rings is 1. The summed E-state index contributed by atoms with van der Waals surface area (Å²) in [6.07, 6.45) is 1.58. The van der Waals surface area contributed by atoms with Crippen LogP contribution in [0, 0.1) is 5.82 Å². The smallest absolute Gasteiger partial charge is 0.410 e. The lowest BCUT2D eigenvalue weighted by atomic mass is 9.88.